The highest BCUT2D eigenvalue weighted by Gasteiger charge is 2.19. The number of alkyl halides is 2. The summed E-state index contributed by atoms with van der Waals surface area (Å²) in [6, 6.07) is 6.22. The highest BCUT2D eigenvalue weighted by molar-refractivity contribution is 5.81. The fourth-order valence-electron chi connectivity index (χ4n) is 2.16. The first-order valence-electron chi connectivity index (χ1n) is 6.70. The van der Waals surface area contributed by atoms with Crippen molar-refractivity contribution in [2.24, 2.45) is 0 Å². The number of nitrogens with one attached hydrogen (secondary N) is 2. The number of carbonyl (C=O) groups is 1. The van der Waals surface area contributed by atoms with E-state index in [1.165, 1.54) is 12.1 Å². The second kappa shape index (κ2) is 7.19. The van der Waals surface area contributed by atoms with Gasteiger partial charge in [-0.25, -0.2) is 0 Å². The number of ether oxygens (including phenoxy) is 1. The fraction of sp³-hybridized carbons (Fsp3) is 0.500. The molecule has 1 unspecified atom stereocenters. The van der Waals surface area contributed by atoms with Crippen LogP contribution in [-0.4, -0.2) is 25.1 Å². The van der Waals surface area contributed by atoms with Crippen LogP contribution >= 0.6 is 0 Å². The minimum atomic E-state index is -2.81. The summed E-state index contributed by atoms with van der Waals surface area (Å²) in [5.74, 6) is 0.163. The zero-order valence-electron chi connectivity index (χ0n) is 11.1. The molecule has 1 atom stereocenters. The van der Waals surface area contributed by atoms with Gasteiger partial charge in [0.15, 0.2) is 0 Å². The Balaban J connectivity index is 1.85. The van der Waals surface area contributed by atoms with Crippen molar-refractivity contribution in [3.05, 3.63) is 29.8 Å². The SMILES string of the molecule is O=C1NCCCCC1NCc1ccc(OC(F)F)cc1. The van der Waals surface area contributed by atoms with Crippen LogP contribution in [0.3, 0.4) is 0 Å². The summed E-state index contributed by atoms with van der Waals surface area (Å²) in [5.41, 5.74) is 0.920. The first kappa shape index (κ1) is 14.7. The average Bonchev–Trinajstić information content (AvgIpc) is 2.62. The Labute approximate surface area is 116 Å². The summed E-state index contributed by atoms with van der Waals surface area (Å²) < 4.78 is 28.3. The number of carbonyl (C=O) groups excluding carboxylic acids is 1. The van der Waals surface area contributed by atoms with E-state index >= 15 is 0 Å². The Hall–Kier alpha value is -1.69. The van der Waals surface area contributed by atoms with Gasteiger partial charge in [0.05, 0.1) is 6.04 Å². The largest absolute Gasteiger partial charge is 0.435 e. The smallest absolute Gasteiger partial charge is 0.387 e. The third-order valence-corrected chi connectivity index (χ3v) is 3.24. The van der Waals surface area contributed by atoms with Gasteiger partial charge in [-0.3, -0.25) is 4.79 Å². The van der Waals surface area contributed by atoms with Crippen molar-refractivity contribution < 1.29 is 18.3 Å². The summed E-state index contributed by atoms with van der Waals surface area (Å²) in [4.78, 5) is 11.7. The maximum Gasteiger partial charge on any atom is 0.387 e. The quantitative estimate of drug-likeness (QED) is 0.870. The van der Waals surface area contributed by atoms with Crippen molar-refractivity contribution in [1.29, 1.82) is 0 Å². The molecule has 0 spiro atoms. The molecule has 20 heavy (non-hydrogen) atoms. The van der Waals surface area contributed by atoms with Crippen LogP contribution in [-0.2, 0) is 11.3 Å². The summed E-state index contributed by atoms with van der Waals surface area (Å²) in [7, 11) is 0. The molecule has 110 valence electrons. The Morgan fingerprint density at radius 3 is 2.75 bits per heavy atom. The van der Waals surface area contributed by atoms with Crippen LogP contribution in [0.25, 0.3) is 0 Å². The number of hydrogen-bond donors (Lipinski definition) is 2. The molecular weight excluding hydrogens is 266 g/mol. The van der Waals surface area contributed by atoms with Crippen molar-refractivity contribution in [2.45, 2.75) is 38.5 Å². The third kappa shape index (κ3) is 4.45. The van der Waals surface area contributed by atoms with Crippen molar-refractivity contribution >= 4 is 5.91 Å². The lowest BCUT2D eigenvalue weighted by atomic mass is 10.1. The van der Waals surface area contributed by atoms with Crippen LogP contribution in [0.1, 0.15) is 24.8 Å². The van der Waals surface area contributed by atoms with E-state index in [2.05, 4.69) is 15.4 Å². The van der Waals surface area contributed by atoms with Crippen LogP contribution in [0, 0.1) is 0 Å². The molecular formula is C14H18F2N2O2. The molecule has 1 aromatic rings. The highest BCUT2D eigenvalue weighted by atomic mass is 19.3. The second-order valence-electron chi connectivity index (χ2n) is 4.74. The maximum atomic E-state index is 12.0. The molecule has 0 bridgehead atoms. The van der Waals surface area contributed by atoms with Crippen LogP contribution in [0.2, 0.25) is 0 Å². The predicted molar refractivity (Wildman–Crippen MR) is 70.6 cm³/mol. The van der Waals surface area contributed by atoms with Gasteiger partial charge in [-0.1, -0.05) is 12.1 Å². The van der Waals surface area contributed by atoms with Gasteiger partial charge in [0.2, 0.25) is 5.91 Å². The van der Waals surface area contributed by atoms with Crippen molar-refractivity contribution in [3.8, 4) is 5.75 Å². The molecule has 0 aromatic heterocycles. The van der Waals surface area contributed by atoms with Gasteiger partial charge in [0, 0.05) is 13.1 Å². The van der Waals surface area contributed by atoms with E-state index in [9.17, 15) is 13.6 Å². The lowest BCUT2D eigenvalue weighted by Crippen LogP contribution is -2.42. The monoisotopic (exact) mass is 284 g/mol. The van der Waals surface area contributed by atoms with Gasteiger partial charge < -0.3 is 15.4 Å². The topological polar surface area (TPSA) is 50.4 Å². The van der Waals surface area contributed by atoms with Crippen LogP contribution in [0.15, 0.2) is 24.3 Å². The molecule has 0 radical (unpaired) electrons. The van der Waals surface area contributed by atoms with E-state index < -0.39 is 6.61 Å². The molecule has 2 N–H and O–H groups in total. The molecule has 1 aliphatic heterocycles. The predicted octanol–water partition coefficient (Wildman–Crippen LogP) is 2.05. The van der Waals surface area contributed by atoms with E-state index in [1.807, 2.05) is 0 Å². The number of rotatable bonds is 5. The molecule has 2 rings (SSSR count). The van der Waals surface area contributed by atoms with Crippen LogP contribution in [0.5, 0.6) is 5.75 Å². The van der Waals surface area contributed by atoms with Gasteiger partial charge in [0.1, 0.15) is 5.75 Å². The van der Waals surface area contributed by atoms with E-state index in [4.69, 9.17) is 0 Å². The highest BCUT2D eigenvalue weighted by Crippen LogP contribution is 2.15. The molecule has 0 saturated carbocycles. The van der Waals surface area contributed by atoms with Crippen LogP contribution in [0.4, 0.5) is 8.78 Å². The molecule has 1 heterocycles. The Morgan fingerprint density at radius 1 is 1.30 bits per heavy atom. The van der Waals surface area contributed by atoms with Gasteiger partial charge in [-0.15, -0.1) is 0 Å². The molecule has 1 amide bonds. The van der Waals surface area contributed by atoms with Gasteiger partial charge >= 0.3 is 6.61 Å². The van der Waals surface area contributed by atoms with E-state index in [0.717, 1.165) is 31.4 Å². The standard InChI is InChI=1S/C14H18F2N2O2/c15-14(16)20-11-6-4-10(5-7-11)9-18-12-3-1-2-8-17-13(12)19/h4-7,12,14,18H,1-3,8-9H2,(H,17,19). The van der Waals surface area contributed by atoms with Crippen molar-refractivity contribution in [3.63, 3.8) is 0 Å². The average molecular weight is 284 g/mol. The van der Waals surface area contributed by atoms with Crippen LogP contribution < -0.4 is 15.4 Å². The Morgan fingerprint density at radius 2 is 2.05 bits per heavy atom. The number of halogens is 2. The first-order chi connectivity index (χ1) is 9.65. The van der Waals surface area contributed by atoms with E-state index in [-0.39, 0.29) is 17.7 Å². The lowest BCUT2D eigenvalue weighted by Gasteiger charge is -2.15. The fourth-order valence-corrected chi connectivity index (χ4v) is 2.16. The third-order valence-electron chi connectivity index (χ3n) is 3.24. The molecule has 4 nitrogen and oxygen atoms in total. The Bertz CT molecular complexity index is 437. The zero-order valence-corrected chi connectivity index (χ0v) is 11.1. The minimum absolute atomic E-state index is 0.0279. The van der Waals surface area contributed by atoms with Gasteiger partial charge in [-0.2, -0.15) is 8.78 Å². The van der Waals surface area contributed by atoms with Crippen molar-refractivity contribution in [2.75, 3.05) is 6.54 Å². The molecule has 6 heteroatoms. The number of amides is 1. The molecule has 0 aliphatic carbocycles. The molecule has 1 aliphatic rings. The number of hydrogen-bond acceptors (Lipinski definition) is 3. The van der Waals surface area contributed by atoms with Gasteiger partial charge in [-0.05, 0) is 37.0 Å². The summed E-state index contributed by atoms with van der Waals surface area (Å²) in [6.45, 7) is -1.56. The normalized spacial score (nSPS) is 19.6. The molecule has 1 saturated heterocycles. The first-order valence-corrected chi connectivity index (χ1v) is 6.70. The Kier molecular flexibility index (Phi) is 5.29. The molecule has 1 fully saturated rings. The van der Waals surface area contributed by atoms with E-state index in [1.54, 1.807) is 12.1 Å². The van der Waals surface area contributed by atoms with Gasteiger partial charge in [0.25, 0.3) is 0 Å². The summed E-state index contributed by atoms with van der Waals surface area (Å²) >= 11 is 0. The van der Waals surface area contributed by atoms with E-state index in [0.29, 0.717) is 6.54 Å². The molecule has 1 aromatic carbocycles. The zero-order chi connectivity index (χ0) is 14.4. The summed E-state index contributed by atoms with van der Waals surface area (Å²) in [6.07, 6.45) is 2.83. The lowest BCUT2D eigenvalue weighted by molar-refractivity contribution is -0.122. The minimum Gasteiger partial charge on any atom is -0.435 e. The second-order valence-corrected chi connectivity index (χ2v) is 4.74. The maximum absolute atomic E-state index is 12.0. The van der Waals surface area contributed by atoms with Crippen molar-refractivity contribution in [1.82, 2.24) is 10.6 Å². The number of benzene rings is 1. The summed E-state index contributed by atoms with van der Waals surface area (Å²) in [5, 5.41) is 6.04.